The first-order valence-corrected chi connectivity index (χ1v) is 15.1. The molecule has 3 heterocycles. The summed E-state index contributed by atoms with van der Waals surface area (Å²) < 4.78 is 47.9. The highest BCUT2D eigenvalue weighted by molar-refractivity contribution is 5.90. The SMILES string of the molecule is CN(C)c1ccccc1C1CCN(c2nc(C3(C(F)(F)F)CC3)nc3ccc(CNCCN4CCOCC4)cc23)CC1. The van der Waals surface area contributed by atoms with Gasteiger partial charge in [0, 0.05) is 71.0 Å². The maximum absolute atomic E-state index is 14.2. The molecule has 10 heteroatoms. The van der Waals surface area contributed by atoms with Gasteiger partial charge in [0.15, 0.2) is 0 Å². The number of fused-ring (bicyclic) bond motifs is 1. The predicted molar refractivity (Wildman–Crippen MR) is 160 cm³/mol. The lowest BCUT2D eigenvalue weighted by Crippen LogP contribution is -2.40. The fraction of sp³-hybridized carbons (Fsp3) is 0.562. The molecular formula is C32H41F3N6O. The van der Waals surface area contributed by atoms with Gasteiger partial charge in [0.05, 0.1) is 18.7 Å². The third-order valence-electron chi connectivity index (χ3n) is 9.15. The van der Waals surface area contributed by atoms with Gasteiger partial charge in [-0.25, -0.2) is 9.97 Å². The fourth-order valence-electron chi connectivity index (χ4n) is 6.42. The van der Waals surface area contributed by atoms with Crippen molar-refractivity contribution in [3.05, 3.63) is 59.4 Å². The molecule has 7 nitrogen and oxygen atoms in total. The van der Waals surface area contributed by atoms with Gasteiger partial charge in [-0.1, -0.05) is 24.3 Å². The molecule has 3 aromatic rings. The van der Waals surface area contributed by atoms with E-state index >= 15 is 0 Å². The van der Waals surface area contributed by atoms with Crippen molar-refractivity contribution < 1.29 is 17.9 Å². The molecule has 1 aromatic heterocycles. The number of anilines is 2. The number of alkyl halides is 3. The second kappa shape index (κ2) is 12.0. The van der Waals surface area contributed by atoms with Crippen LogP contribution in [0.3, 0.4) is 0 Å². The van der Waals surface area contributed by atoms with Gasteiger partial charge < -0.3 is 19.9 Å². The van der Waals surface area contributed by atoms with E-state index in [-0.39, 0.29) is 18.7 Å². The molecule has 0 bridgehead atoms. The van der Waals surface area contributed by atoms with Gasteiger partial charge in [0.1, 0.15) is 17.1 Å². The van der Waals surface area contributed by atoms with Gasteiger partial charge in [-0.3, -0.25) is 4.90 Å². The lowest BCUT2D eigenvalue weighted by Gasteiger charge is -2.35. The molecule has 2 aliphatic heterocycles. The third-order valence-corrected chi connectivity index (χ3v) is 9.15. The first kappa shape index (κ1) is 29.1. The van der Waals surface area contributed by atoms with Crippen molar-refractivity contribution in [3.8, 4) is 0 Å². The van der Waals surface area contributed by atoms with E-state index in [1.165, 1.54) is 11.3 Å². The van der Waals surface area contributed by atoms with Crippen LogP contribution in [0.5, 0.6) is 0 Å². The number of rotatable bonds is 9. The molecule has 1 N–H and O–H groups in total. The van der Waals surface area contributed by atoms with E-state index in [9.17, 15) is 13.2 Å². The zero-order valence-electron chi connectivity index (χ0n) is 24.6. The molecule has 0 radical (unpaired) electrons. The minimum absolute atomic E-state index is 0.0516. The van der Waals surface area contributed by atoms with Crippen molar-refractivity contribution in [1.29, 1.82) is 0 Å². The van der Waals surface area contributed by atoms with E-state index in [0.717, 1.165) is 76.3 Å². The zero-order valence-corrected chi connectivity index (χ0v) is 24.6. The minimum Gasteiger partial charge on any atom is -0.379 e. The van der Waals surface area contributed by atoms with Crippen LogP contribution in [0.1, 0.15) is 48.6 Å². The monoisotopic (exact) mass is 582 g/mol. The van der Waals surface area contributed by atoms with Crippen LogP contribution >= 0.6 is 0 Å². The van der Waals surface area contributed by atoms with E-state index in [4.69, 9.17) is 9.72 Å². The van der Waals surface area contributed by atoms with Crippen LogP contribution in [0.25, 0.3) is 10.9 Å². The fourth-order valence-corrected chi connectivity index (χ4v) is 6.42. The Labute approximate surface area is 246 Å². The van der Waals surface area contributed by atoms with Gasteiger partial charge >= 0.3 is 6.18 Å². The van der Waals surface area contributed by atoms with Crippen molar-refractivity contribution in [2.24, 2.45) is 0 Å². The Hall–Kier alpha value is -2.95. The number of benzene rings is 2. The minimum atomic E-state index is -4.36. The van der Waals surface area contributed by atoms with Crippen LogP contribution in [-0.2, 0) is 16.7 Å². The summed E-state index contributed by atoms with van der Waals surface area (Å²) >= 11 is 0. The number of nitrogens with zero attached hydrogens (tertiary/aromatic N) is 5. The third kappa shape index (κ3) is 5.94. The van der Waals surface area contributed by atoms with E-state index in [1.807, 2.05) is 12.1 Å². The number of nitrogens with one attached hydrogen (secondary N) is 1. The average Bonchev–Trinajstić information content (AvgIpc) is 3.82. The molecule has 1 aliphatic carbocycles. The summed E-state index contributed by atoms with van der Waals surface area (Å²) in [5.41, 5.74) is 2.29. The highest BCUT2D eigenvalue weighted by Crippen LogP contribution is 2.58. The van der Waals surface area contributed by atoms with Crippen LogP contribution in [-0.4, -0.2) is 87.6 Å². The van der Waals surface area contributed by atoms with E-state index in [2.05, 4.69) is 69.4 Å². The molecule has 6 rings (SSSR count). The van der Waals surface area contributed by atoms with Crippen LogP contribution in [0.2, 0.25) is 0 Å². The van der Waals surface area contributed by atoms with Crippen LogP contribution in [0, 0.1) is 0 Å². The van der Waals surface area contributed by atoms with Crippen molar-refractivity contribution in [2.45, 2.75) is 49.7 Å². The van der Waals surface area contributed by atoms with Crippen molar-refractivity contribution in [2.75, 3.05) is 76.4 Å². The summed E-state index contributed by atoms with van der Waals surface area (Å²) in [7, 11) is 4.12. The maximum Gasteiger partial charge on any atom is 0.401 e. The Morgan fingerprint density at radius 1 is 1.00 bits per heavy atom. The first-order valence-electron chi connectivity index (χ1n) is 15.1. The molecule has 3 fully saturated rings. The highest BCUT2D eigenvalue weighted by Gasteiger charge is 2.66. The summed E-state index contributed by atoms with van der Waals surface area (Å²) in [5, 5.41) is 4.36. The molecule has 2 aromatic carbocycles. The number of ether oxygens (including phenoxy) is 1. The normalized spacial score (nSPS) is 19.8. The Bertz CT molecular complexity index is 1380. The number of morpholine rings is 1. The van der Waals surface area contributed by atoms with Gasteiger partial charge in [-0.2, -0.15) is 13.2 Å². The standard InChI is InChI=1S/C32H41F3N6O/c1-39(2)28-6-4-3-5-25(28)24-9-14-41(15-10-24)29-26-21-23(22-36-13-16-40-17-19-42-20-18-40)7-8-27(26)37-30(38-29)31(11-12-31)32(33,34)35/h3-8,21,24,36H,9-20,22H2,1-2H3. The highest BCUT2D eigenvalue weighted by atomic mass is 19.4. The van der Waals surface area contributed by atoms with Gasteiger partial charge in [0.2, 0.25) is 0 Å². The average molecular weight is 583 g/mol. The lowest BCUT2D eigenvalue weighted by atomic mass is 9.88. The molecule has 226 valence electrons. The quantitative estimate of drug-likeness (QED) is 0.353. The topological polar surface area (TPSA) is 56.8 Å². The Kier molecular flexibility index (Phi) is 8.31. The zero-order chi connectivity index (χ0) is 29.3. The second-order valence-electron chi connectivity index (χ2n) is 12.1. The smallest absolute Gasteiger partial charge is 0.379 e. The molecule has 0 amide bonds. The number of halogens is 3. The van der Waals surface area contributed by atoms with Gasteiger partial charge in [-0.15, -0.1) is 0 Å². The van der Waals surface area contributed by atoms with Gasteiger partial charge in [-0.05, 0) is 60.9 Å². The number of para-hydroxylation sites is 1. The summed E-state index contributed by atoms with van der Waals surface area (Å²) in [6.45, 7) is 7.44. The first-order chi connectivity index (χ1) is 20.2. The number of hydrogen-bond donors (Lipinski definition) is 1. The number of aromatic nitrogens is 2. The lowest BCUT2D eigenvalue weighted by molar-refractivity contribution is -0.162. The van der Waals surface area contributed by atoms with E-state index in [0.29, 0.717) is 23.8 Å². The molecular weight excluding hydrogens is 541 g/mol. The van der Waals surface area contributed by atoms with Crippen molar-refractivity contribution in [1.82, 2.24) is 20.2 Å². The van der Waals surface area contributed by atoms with Crippen LogP contribution < -0.4 is 15.1 Å². The number of piperidine rings is 1. The summed E-state index contributed by atoms with van der Waals surface area (Å²) in [6, 6.07) is 14.4. The summed E-state index contributed by atoms with van der Waals surface area (Å²) in [5.74, 6) is 0.956. The molecule has 3 aliphatic rings. The van der Waals surface area contributed by atoms with Crippen LogP contribution in [0.4, 0.5) is 24.7 Å². The molecule has 42 heavy (non-hydrogen) atoms. The predicted octanol–water partition coefficient (Wildman–Crippen LogP) is 5.10. The molecule has 0 unspecified atom stereocenters. The number of hydrogen-bond acceptors (Lipinski definition) is 7. The molecule has 1 saturated carbocycles. The second-order valence-corrected chi connectivity index (χ2v) is 12.1. The Morgan fingerprint density at radius 2 is 1.74 bits per heavy atom. The van der Waals surface area contributed by atoms with Crippen LogP contribution in [0.15, 0.2) is 42.5 Å². The van der Waals surface area contributed by atoms with Gasteiger partial charge in [0.25, 0.3) is 0 Å². The molecule has 0 spiro atoms. The Balaban J connectivity index is 1.24. The Morgan fingerprint density at radius 3 is 2.43 bits per heavy atom. The van der Waals surface area contributed by atoms with Crippen molar-refractivity contribution in [3.63, 3.8) is 0 Å². The summed E-state index contributed by atoms with van der Waals surface area (Å²) in [6.07, 6.45) is -2.42. The van der Waals surface area contributed by atoms with E-state index in [1.54, 1.807) is 0 Å². The molecule has 2 saturated heterocycles. The van der Waals surface area contributed by atoms with E-state index < -0.39 is 11.6 Å². The van der Waals surface area contributed by atoms with Crippen molar-refractivity contribution >= 4 is 22.4 Å². The largest absolute Gasteiger partial charge is 0.401 e. The summed E-state index contributed by atoms with van der Waals surface area (Å²) in [4.78, 5) is 16.0. The molecule has 0 atom stereocenters. The maximum atomic E-state index is 14.2.